The number of guanidine groups is 1. The van der Waals surface area contributed by atoms with Gasteiger partial charge in [-0.1, -0.05) is 11.6 Å². The predicted octanol–water partition coefficient (Wildman–Crippen LogP) is 3.61. The number of methoxy groups -OCH3 is 3. The molecule has 34 heavy (non-hydrogen) atoms. The molecule has 0 unspecified atom stereocenters. The zero-order chi connectivity index (χ0) is 25.8. The van der Waals surface area contributed by atoms with Crippen LogP contribution in [0.1, 0.15) is 0 Å². The molecule has 0 fully saturated rings. The van der Waals surface area contributed by atoms with Crippen LogP contribution < -0.4 is 24.4 Å². The smallest absolute Gasteiger partial charge is 0.490 e. The normalized spacial score (nSPS) is 14.1. The molecule has 10 nitrogen and oxygen atoms in total. The standard InChI is InChI=1S/C17H18ClN3O5S.C2HF3O2/c1-21-12-6-5-10(18)7-15(12)27(22,23)20-17(21)19-11-8-13(24-2)16(26-4)14(9-11)25-3;3-2(4,5)1(6)7/h5-9H,1-4H3,(H,19,20);(H,6,7). The van der Waals surface area contributed by atoms with Crippen molar-refractivity contribution >= 4 is 44.9 Å². The van der Waals surface area contributed by atoms with Gasteiger partial charge in [0, 0.05) is 29.9 Å². The Kier molecular flexibility index (Phi) is 8.10. The molecule has 2 N–H and O–H groups in total. The molecule has 2 aromatic rings. The summed E-state index contributed by atoms with van der Waals surface area (Å²) >= 11 is 5.93. The summed E-state index contributed by atoms with van der Waals surface area (Å²) in [5, 5.41) is 10.4. The number of hydrogen-bond donors (Lipinski definition) is 2. The fourth-order valence-corrected chi connectivity index (χ4v) is 4.18. The summed E-state index contributed by atoms with van der Waals surface area (Å²) in [5.41, 5.74) is 0.979. The number of carbonyl (C=O) groups is 1. The van der Waals surface area contributed by atoms with Crippen LogP contribution in [0.2, 0.25) is 5.02 Å². The number of benzene rings is 2. The lowest BCUT2D eigenvalue weighted by atomic mass is 10.2. The van der Waals surface area contributed by atoms with E-state index in [2.05, 4.69) is 9.71 Å². The zero-order valence-corrected chi connectivity index (χ0v) is 19.7. The van der Waals surface area contributed by atoms with Crippen molar-refractivity contribution in [3.8, 4) is 17.2 Å². The van der Waals surface area contributed by atoms with E-state index in [9.17, 15) is 21.6 Å². The summed E-state index contributed by atoms with van der Waals surface area (Å²) < 4.78 is 76.6. The maximum atomic E-state index is 12.5. The fourth-order valence-electron chi connectivity index (χ4n) is 2.70. The van der Waals surface area contributed by atoms with Gasteiger partial charge in [0.2, 0.25) is 11.7 Å². The van der Waals surface area contributed by atoms with Crippen LogP contribution in [0, 0.1) is 0 Å². The van der Waals surface area contributed by atoms with E-state index in [0.717, 1.165) is 0 Å². The van der Waals surface area contributed by atoms with E-state index in [1.807, 2.05) is 0 Å². The Labute approximate surface area is 197 Å². The quantitative estimate of drug-likeness (QED) is 0.615. The SMILES string of the molecule is COc1cc(NC2=NS(=O)(=O)c3cc(Cl)ccc3N2C)cc(OC)c1OC.O=C(O)C(F)(F)F. The number of hydrogen-bond acceptors (Lipinski definition) is 8. The summed E-state index contributed by atoms with van der Waals surface area (Å²) in [6.07, 6.45) is -5.08. The number of fused-ring (bicyclic) bond motifs is 1. The van der Waals surface area contributed by atoms with Gasteiger partial charge in [0.15, 0.2) is 11.5 Å². The minimum atomic E-state index is -5.08. The molecule has 0 amide bonds. The van der Waals surface area contributed by atoms with E-state index in [1.54, 1.807) is 36.2 Å². The van der Waals surface area contributed by atoms with Crippen LogP contribution in [0.4, 0.5) is 24.5 Å². The highest BCUT2D eigenvalue weighted by Gasteiger charge is 2.38. The number of carboxylic acid groups (broad SMARTS) is 1. The summed E-state index contributed by atoms with van der Waals surface area (Å²) in [4.78, 5) is 10.6. The number of halogens is 4. The van der Waals surface area contributed by atoms with Crippen LogP contribution in [0.3, 0.4) is 0 Å². The first-order valence-corrected chi connectivity index (χ1v) is 10.8. The lowest BCUT2D eigenvalue weighted by molar-refractivity contribution is -0.192. The Morgan fingerprint density at radius 2 is 1.62 bits per heavy atom. The van der Waals surface area contributed by atoms with Crippen LogP contribution in [-0.4, -0.2) is 60.0 Å². The van der Waals surface area contributed by atoms with Crippen molar-refractivity contribution in [2.45, 2.75) is 11.1 Å². The van der Waals surface area contributed by atoms with Crippen molar-refractivity contribution in [2.24, 2.45) is 4.40 Å². The van der Waals surface area contributed by atoms with E-state index >= 15 is 0 Å². The molecule has 0 bridgehead atoms. The Hall–Kier alpha value is -3.39. The van der Waals surface area contributed by atoms with Crippen LogP contribution in [0.15, 0.2) is 39.6 Å². The zero-order valence-electron chi connectivity index (χ0n) is 18.1. The number of alkyl halides is 3. The average Bonchev–Trinajstić information content (AvgIpc) is 2.76. The highest BCUT2D eigenvalue weighted by Crippen LogP contribution is 2.40. The topological polar surface area (TPSA) is 127 Å². The van der Waals surface area contributed by atoms with Gasteiger partial charge in [0.05, 0.1) is 27.0 Å². The highest BCUT2D eigenvalue weighted by atomic mass is 35.5. The first-order valence-electron chi connectivity index (χ1n) is 9.00. The molecule has 0 radical (unpaired) electrons. The fraction of sp³-hybridized carbons (Fsp3) is 0.263. The van der Waals surface area contributed by atoms with E-state index in [0.29, 0.717) is 33.6 Å². The third kappa shape index (κ3) is 5.94. The van der Waals surface area contributed by atoms with Crippen molar-refractivity contribution in [1.82, 2.24) is 0 Å². The largest absolute Gasteiger partial charge is 0.493 e. The van der Waals surface area contributed by atoms with Gasteiger partial charge in [-0.2, -0.15) is 21.6 Å². The molecule has 0 aromatic heterocycles. The average molecular weight is 526 g/mol. The van der Waals surface area contributed by atoms with E-state index in [-0.39, 0.29) is 10.9 Å². The number of ether oxygens (including phenoxy) is 3. The third-order valence-electron chi connectivity index (χ3n) is 4.25. The lowest BCUT2D eigenvalue weighted by Gasteiger charge is -2.28. The molecule has 2 aromatic carbocycles. The van der Waals surface area contributed by atoms with Gasteiger partial charge < -0.3 is 29.5 Å². The van der Waals surface area contributed by atoms with Crippen molar-refractivity contribution in [1.29, 1.82) is 0 Å². The van der Waals surface area contributed by atoms with Crippen molar-refractivity contribution in [2.75, 3.05) is 38.6 Å². The van der Waals surface area contributed by atoms with Gasteiger partial charge in [0.25, 0.3) is 10.0 Å². The summed E-state index contributed by atoms with van der Waals surface area (Å²) in [6, 6.07) is 7.93. The monoisotopic (exact) mass is 525 g/mol. The first-order chi connectivity index (χ1) is 15.7. The van der Waals surface area contributed by atoms with Crippen LogP contribution >= 0.6 is 11.6 Å². The Balaban J connectivity index is 0.000000509. The second-order valence-corrected chi connectivity index (χ2v) is 8.41. The Bertz CT molecular complexity index is 1200. The molecule has 0 saturated heterocycles. The maximum absolute atomic E-state index is 12.5. The molecule has 15 heteroatoms. The minimum absolute atomic E-state index is 0.0490. The molecule has 1 aliphatic heterocycles. The van der Waals surface area contributed by atoms with E-state index < -0.39 is 22.2 Å². The molecule has 1 aliphatic rings. The number of sulfonamides is 1. The number of rotatable bonds is 4. The number of carboxylic acids is 1. The predicted molar refractivity (Wildman–Crippen MR) is 118 cm³/mol. The number of nitrogens with one attached hydrogen (secondary N) is 1. The van der Waals surface area contributed by atoms with Gasteiger partial charge in [-0.25, -0.2) is 4.79 Å². The molecule has 0 spiro atoms. The molecule has 1 heterocycles. The Morgan fingerprint density at radius 1 is 1.09 bits per heavy atom. The van der Waals surface area contributed by atoms with Crippen molar-refractivity contribution < 1.29 is 45.7 Å². The maximum Gasteiger partial charge on any atom is 0.490 e. The molecule has 186 valence electrons. The molecule has 0 atom stereocenters. The number of nitrogens with zero attached hydrogens (tertiary/aromatic N) is 2. The molecular formula is C19H19ClF3N3O7S. The lowest BCUT2D eigenvalue weighted by Crippen LogP contribution is -2.37. The second-order valence-electron chi connectivity index (χ2n) is 6.40. The van der Waals surface area contributed by atoms with Crippen molar-refractivity contribution in [3.05, 3.63) is 35.4 Å². The first kappa shape index (κ1) is 26.9. The number of anilines is 2. The molecular weight excluding hydrogens is 507 g/mol. The Morgan fingerprint density at radius 3 is 2.06 bits per heavy atom. The minimum Gasteiger partial charge on any atom is -0.493 e. The van der Waals surface area contributed by atoms with Crippen LogP contribution in [0.25, 0.3) is 0 Å². The van der Waals surface area contributed by atoms with Gasteiger partial charge >= 0.3 is 12.1 Å². The summed E-state index contributed by atoms with van der Waals surface area (Å²) in [6.45, 7) is 0. The molecule has 0 saturated carbocycles. The van der Waals surface area contributed by atoms with Gasteiger partial charge in [-0.05, 0) is 18.2 Å². The third-order valence-corrected chi connectivity index (χ3v) is 5.78. The van der Waals surface area contributed by atoms with Crippen LogP contribution in [-0.2, 0) is 14.8 Å². The highest BCUT2D eigenvalue weighted by molar-refractivity contribution is 7.90. The number of aliphatic carboxylic acids is 1. The summed E-state index contributed by atoms with van der Waals surface area (Å²) in [7, 11) is 2.29. The van der Waals surface area contributed by atoms with Crippen LogP contribution in [0.5, 0.6) is 17.2 Å². The van der Waals surface area contributed by atoms with Crippen molar-refractivity contribution in [3.63, 3.8) is 0 Å². The van der Waals surface area contributed by atoms with E-state index in [1.165, 1.54) is 27.4 Å². The van der Waals surface area contributed by atoms with Gasteiger partial charge in [-0.3, -0.25) is 0 Å². The van der Waals surface area contributed by atoms with Gasteiger partial charge in [0.1, 0.15) is 4.90 Å². The summed E-state index contributed by atoms with van der Waals surface area (Å²) in [5.74, 6) is -1.36. The molecule has 0 aliphatic carbocycles. The van der Waals surface area contributed by atoms with Gasteiger partial charge in [-0.15, -0.1) is 4.40 Å². The van der Waals surface area contributed by atoms with E-state index in [4.69, 9.17) is 35.7 Å². The second kappa shape index (κ2) is 10.3. The molecule has 3 rings (SSSR count).